The van der Waals surface area contributed by atoms with Gasteiger partial charge in [0.15, 0.2) is 0 Å². The van der Waals surface area contributed by atoms with E-state index in [1.54, 1.807) is 12.1 Å². The van der Waals surface area contributed by atoms with Crippen LogP contribution in [0.5, 0.6) is 0 Å². The van der Waals surface area contributed by atoms with E-state index in [2.05, 4.69) is 5.32 Å². The van der Waals surface area contributed by atoms with Crippen molar-refractivity contribution < 1.29 is 14.6 Å². The van der Waals surface area contributed by atoms with Crippen LogP contribution in [0, 0.1) is 5.82 Å². The maximum absolute atomic E-state index is 12.8. The fourth-order valence-electron chi connectivity index (χ4n) is 2.41. The number of nitrogens with zero attached hydrogens (tertiary/aromatic N) is 1. The normalized spacial score (nSPS) is 25.5. The molecule has 1 aliphatic heterocycles. The standard InChI is InChI=1S/C13H17B2FN2O2/c1-18-12(14,15)6-11(7-13(18,19)20)17-8-9-2-4-10(16)5-3-9/h2-5,11,17,19-20H,6-8H2,1H3. The van der Waals surface area contributed by atoms with Gasteiger partial charge in [0.05, 0.1) is 15.7 Å². The molecule has 0 aliphatic carbocycles. The average molecular weight is 274 g/mol. The molecule has 7 heteroatoms. The first kappa shape index (κ1) is 15.5. The first-order chi connectivity index (χ1) is 9.21. The summed E-state index contributed by atoms with van der Waals surface area (Å²) >= 11 is 0. The van der Waals surface area contributed by atoms with Crippen LogP contribution < -0.4 is 5.32 Å². The molecule has 1 fully saturated rings. The van der Waals surface area contributed by atoms with Crippen molar-refractivity contribution in [2.75, 3.05) is 7.05 Å². The molecule has 0 saturated carbocycles. The second-order valence-corrected chi connectivity index (χ2v) is 5.44. The van der Waals surface area contributed by atoms with Crippen LogP contribution in [-0.4, -0.2) is 55.1 Å². The Balaban J connectivity index is 1.98. The van der Waals surface area contributed by atoms with Gasteiger partial charge in [-0.1, -0.05) is 12.1 Å². The van der Waals surface area contributed by atoms with Crippen molar-refractivity contribution in [2.24, 2.45) is 0 Å². The molecular weight excluding hydrogens is 257 g/mol. The average Bonchev–Trinajstić information content (AvgIpc) is 2.35. The molecule has 4 radical (unpaired) electrons. The highest BCUT2D eigenvalue weighted by atomic mass is 19.1. The molecule has 0 aromatic heterocycles. The summed E-state index contributed by atoms with van der Waals surface area (Å²) in [6, 6.07) is 5.84. The van der Waals surface area contributed by atoms with Gasteiger partial charge in [-0.15, -0.1) is 0 Å². The van der Waals surface area contributed by atoms with Gasteiger partial charge in [-0.05, 0) is 36.5 Å². The van der Waals surface area contributed by atoms with Gasteiger partial charge in [-0.3, -0.25) is 4.90 Å². The summed E-state index contributed by atoms with van der Waals surface area (Å²) in [6.45, 7) is 0.473. The third-order valence-corrected chi connectivity index (χ3v) is 3.76. The molecule has 20 heavy (non-hydrogen) atoms. The predicted octanol–water partition coefficient (Wildman–Crippen LogP) is -0.361. The van der Waals surface area contributed by atoms with Gasteiger partial charge < -0.3 is 15.5 Å². The molecule has 1 aromatic rings. The van der Waals surface area contributed by atoms with Crippen LogP contribution >= 0.6 is 0 Å². The molecule has 4 nitrogen and oxygen atoms in total. The zero-order chi connectivity index (χ0) is 15.0. The van der Waals surface area contributed by atoms with Crippen molar-refractivity contribution in [3.63, 3.8) is 0 Å². The molecule has 104 valence electrons. The Kier molecular flexibility index (Phi) is 4.25. The van der Waals surface area contributed by atoms with E-state index in [0.717, 1.165) is 10.5 Å². The fraction of sp³-hybridized carbons (Fsp3) is 0.538. The quantitative estimate of drug-likeness (QED) is 0.520. The number of halogens is 1. The number of likely N-dealkylation sites (tertiary alicyclic amines) is 1. The van der Waals surface area contributed by atoms with Crippen molar-refractivity contribution in [1.29, 1.82) is 0 Å². The maximum Gasteiger partial charge on any atom is 0.225 e. The van der Waals surface area contributed by atoms with E-state index < -0.39 is 11.2 Å². The SMILES string of the molecule is [B]C1([B])CC(NCc2ccc(F)cc2)CC(O)(O)N1C. The second-order valence-electron chi connectivity index (χ2n) is 5.44. The smallest absolute Gasteiger partial charge is 0.225 e. The minimum Gasteiger partial charge on any atom is -0.353 e. The van der Waals surface area contributed by atoms with Crippen LogP contribution in [-0.2, 0) is 6.54 Å². The van der Waals surface area contributed by atoms with E-state index in [9.17, 15) is 14.6 Å². The molecule has 2 rings (SSSR count). The van der Waals surface area contributed by atoms with E-state index in [-0.39, 0.29) is 18.3 Å². The fourth-order valence-corrected chi connectivity index (χ4v) is 2.41. The number of benzene rings is 1. The maximum atomic E-state index is 12.8. The van der Waals surface area contributed by atoms with Crippen LogP contribution in [0.15, 0.2) is 24.3 Å². The number of nitrogens with one attached hydrogen (secondary N) is 1. The van der Waals surface area contributed by atoms with Gasteiger partial charge >= 0.3 is 0 Å². The van der Waals surface area contributed by atoms with Crippen LogP contribution in [0.4, 0.5) is 4.39 Å². The molecule has 1 atom stereocenters. The minimum absolute atomic E-state index is 0.0842. The number of hydrogen-bond acceptors (Lipinski definition) is 4. The van der Waals surface area contributed by atoms with Crippen molar-refractivity contribution in [3.05, 3.63) is 35.6 Å². The van der Waals surface area contributed by atoms with Crippen molar-refractivity contribution in [2.45, 2.75) is 36.7 Å². The van der Waals surface area contributed by atoms with E-state index >= 15 is 0 Å². The summed E-state index contributed by atoms with van der Waals surface area (Å²) < 4.78 is 12.8. The van der Waals surface area contributed by atoms with Gasteiger partial charge in [0, 0.05) is 19.0 Å². The first-order valence-corrected chi connectivity index (χ1v) is 6.45. The lowest BCUT2D eigenvalue weighted by Crippen LogP contribution is -2.67. The summed E-state index contributed by atoms with van der Waals surface area (Å²) in [5, 5.41) is 21.7. The molecule has 1 saturated heterocycles. The molecule has 3 N–H and O–H groups in total. The van der Waals surface area contributed by atoms with Gasteiger partial charge in [0.2, 0.25) is 5.91 Å². The Morgan fingerprint density at radius 1 is 1.30 bits per heavy atom. The third-order valence-electron chi connectivity index (χ3n) is 3.76. The molecular formula is C13H17B2FN2O2. The molecule has 1 aromatic carbocycles. The number of rotatable bonds is 3. The monoisotopic (exact) mass is 274 g/mol. The Hall–Kier alpha value is -0.880. The molecule has 1 aliphatic rings. The van der Waals surface area contributed by atoms with Crippen molar-refractivity contribution >= 4 is 15.7 Å². The lowest BCUT2D eigenvalue weighted by molar-refractivity contribution is -0.285. The summed E-state index contributed by atoms with van der Waals surface area (Å²) in [7, 11) is 13.2. The van der Waals surface area contributed by atoms with Gasteiger partial charge in [0.1, 0.15) is 5.82 Å². The van der Waals surface area contributed by atoms with Gasteiger partial charge in [-0.25, -0.2) is 4.39 Å². The minimum atomic E-state index is -2.05. The molecule has 1 unspecified atom stereocenters. The van der Waals surface area contributed by atoms with Gasteiger partial charge in [0.25, 0.3) is 0 Å². The first-order valence-electron chi connectivity index (χ1n) is 6.45. The van der Waals surface area contributed by atoms with Gasteiger partial charge in [-0.2, -0.15) is 0 Å². The lowest BCUT2D eigenvalue weighted by Gasteiger charge is -2.51. The van der Waals surface area contributed by atoms with E-state index in [1.807, 2.05) is 0 Å². The molecule has 0 bridgehead atoms. The predicted molar refractivity (Wildman–Crippen MR) is 75.4 cm³/mol. The zero-order valence-corrected chi connectivity index (χ0v) is 11.4. The van der Waals surface area contributed by atoms with E-state index in [4.69, 9.17) is 15.7 Å². The highest BCUT2D eigenvalue weighted by Gasteiger charge is 2.45. The molecule has 0 amide bonds. The Labute approximate surface area is 120 Å². The summed E-state index contributed by atoms with van der Waals surface area (Å²) in [4.78, 5) is 1.15. The summed E-state index contributed by atoms with van der Waals surface area (Å²) in [5.74, 6) is -2.34. The Bertz CT molecular complexity index is 450. The number of aliphatic hydroxyl groups is 2. The Morgan fingerprint density at radius 2 is 1.90 bits per heavy atom. The van der Waals surface area contributed by atoms with Crippen LogP contribution in [0.2, 0.25) is 0 Å². The van der Waals surface area contributed by atoms with Crippen LogP contribution in [0.1, 0.15) is 18.4 Å². The molecule has 0 spiro atoms. The van der Waals surface area contributed by atoms with E-state index in [0.29, 0.717) is 13.0 Å². The third kappa shape index (κ3) is 3.41. The summed E-state index contributed by atoms with van der Waals surface area (Å²) in [6.07, 6.45) is 0.453. The number of piperidine rings is 1. The Morgan fingerprint density at radius 3 is 2.45 bits per heavy atom. The van der Waals surface area contributed by atoms with Crippen LogP contribution in [0.25, 0.3) is 0 Å². The van der Waals surface area contributed by atoms with Crippen LogP contribution in [0.3, 0.4) is 0 Å². The summed E-state index contributed by atoms with van der Waals surface area (Å²) in [5.41, 5.74) is 0.895. The van der Waals surface area contributed by atoms with E-state index in [1.165, 1.54) is 19.2 Å². The highest BCUT2D eigenvalue weighted by molar-refractivity contribution is 6.40. The second kappa shape index (κ2) is 5.48. The largest absolute Gasteiger partial charge is 0.353 e. The van der Waals surface area contributed by atoms with Crippen molar-refractivity contribution in [3.8, 4) is 0 Å². The number of hydrogen-bond donors (Lipinski definition) is 3. The lowest BCUT2D eigenvalue weighted by atomic mass is 9.55. The highest BCUT2D eigenvalue weighted by Crippen LogP contribution is 2.31. The zero-order valence-electron chi connectivity index (χ0n) is 11.4. The van der Waals surface area contributed by atoms with Crippen molar-refractivity contribution in [1.82, 2.24) is 10.2 Å². The topological polar surface area (TPSA) is 55.7 Å². The molecule has 1 heterocycles.